The minimum atomic E-state index is -0.410. The number of nitrogens with zero attached hydrogens (tertiary/aromatic N) is 2. The highest BCUT2D eigenvalue weighted by Gasteiger charge is 2.34. The summed E-state index contributed by atoms with van der Waals surface area (Å²) in [7, 11) is 0. The average Bonchev–Trinajstić information content (AvgIpc) is 2.93. The fourth-order valence-corrected chi connectivity index (χ4v) is 4.31. The monoisotopic (exact) mass is 323 g/mol. The van der Waals surface area contributed by atoms with Gasteiger partial charge >= 0.3 is 6.09 Å². The lowest BCUT2D eigenvalue weighted by atomic mass is 9.95. The summed E-state index contributed by atoms with van der Waals surface area (Å²) in [4.78, 5) is 16.8. The van der Waals surface area contributed by atoms with Crippen LogP contribution in [0.5, 0.6) is 0 Å². The van der Waals surface area contributed by atoms with Gasteiger partial charge in [0, 0.05) is 31.2 Å². The van der Waals surface area contributed by atoms with E-state index in [1.807, 2.05) is 25.7 Å². The zero-order valence-corrected chi connectivity index (χ0v) is 15.0. The van der Waals surface area contributed by atoms with Crippen LogP contribution in [0.1, 0.15) is 59.3 Å². The van der Waals surface area contributed by atoms with Crippen LogP contribution in [0.15, 0.2) is 0 Å². The van der Waals surface area contributed by atoms with Crippen LogP contribution >= 0.6 is 0 Å². The van der Waals surface area contributed by atoms with E-state index in [9.17, 15) is 4.79 Å². The fraction of sp³-hybridized carbons (Fsp3) is 0.944. The molecule has 0 aliphatic carbocycles. The van der Waals surface area contributed by atoms with Crippen molar-refractivity contribution < 1.29 is 9.53 Å². The van der Waals surface area contributed by atoms with Gasteiger partial charge in [0.15, 0.2) is 0 Å². The molecule has 3 rings (SSSR count). The van der Waals surface area contributed by atoms with Crippen LogP contribution in [-0.2, 0) is 4.74 Å². The van der Waals surface area contributed by atoms with Gasteiger partial charge < -0.3 is 19.9 Å². The summed E-state index contributed by atoms with van der Waals surface area (Å²) in [5, 5.41) is 3.84. The van der Waals surface area contributed by atoms with Crippen LogP contribution in [0.3, 0.4) is 0 Å². The van der Waals surface area contributed by atoms with E-state index in [2.05, 4.69) is 10.2 Å². The quantitative estimate of drug-likeness (QED) is 0.848. The molecule has 0 aromatic heterocycles. The van der Waals surface area contributed by atoms with Gasteiger partial charge in [0.2, 0.25) is 0 Å². The largest absolute Gasteiger partial charge is 0.444 e. The van der Waals surface area contributed by atoms with Crippen LogP contribution in [-0.4, -0.2) is 65.8 Å². The Balaban J connectivity index is 1.48. The molecule has 0 radical (unpaired) electrons. The van der Waals surface area contributed by atoms with E-state index in [1.165, 1.54) is 45.2 Å². The van der Waals surface area contributed by atoms with Gasteiger partial charge in [0.1, 0.15) is 5.60 Å². The molecule has 3 unspecified atom stereocenters. The highest BCUT2D eigenvalue weighted by Crippen LogP contribution is 2.27. The molecule has 5 nitrogen and oxygen atoms in total. The molecule has 132 valence electrons. The minimum absolute atomic E-state index is 0.158. The Kier molecular flexibility index (Phi) is 5.16. The molecular weight excluding hydrogens is 290 g/mol. The molecule has 3 saturated heterocycles. The number of carbonyl (C=O) groups excluding carboxylic acids is 1. The molecule has 0 aromatic rings. The number of rotatable bonds is 2. The Morgan fingerprint density at radius 2 is 1.83 bits per heavy atom. The van der Waals surface area contributed by atoms with Crippen molar-refractivity contribution >= 4 is 6.09 Å². The van der Waals surface area contributed by atoms with Crippen molar-refractivity contribution in [2.24, 2.45) is 0 Å². The first kappa shape index (κ1) is 17.0. The van der Waals surface area contributed by atoms with Crippen LogP contribution in [0.4, 0.5) is 4.79 Å². The summed E-state index contributed by atoms with van der Waals surface area (Å²) >= 11 is 0. The summed E-state index contributed by atoms with van der Waals surface area (Å²) < 4.78 is 5.52. The Hall–Kier alpha value is -0.810. The number of hydrogen-bond acceptors (Lipinski definition) is 4. The second kappa shape index (κ2) is 6.98. The fourth-order valence-electron chi connectivity index (χ4n) is 4.31. The first-order valence-electron chi connectivity index (χ1n) is 9.39. The first-order valence-corrected chi connectivity index (χ1v) is 9.39. The number of likely N-dealkylation sites (tertiary alicyclic amines) is 1. The predicted octanol–water partition coefficient (Wildman–Crippen LogP) is 2.60. The highest BCUT2D eigenvalue weighted by molar-refractivity contribution is 5.68. The smallest absolute Gasteiger partial charge is 0.410 e. The third-order valence-corrected chi connectivity index (χ3v) is 5.36. The maximum atomic E-state index is 12.3. The summed E-state index contributed by atoms with van der Waals surface area (Å²) in [5.74, 6) is 0. The zero-order chi connectivity index (χ0) is 16.4. The average molecular weight is 323 g/mol. The van der Waals surface area contributed by atoms with E-state index in [0.29, 0.717) is 12.1 Å². The number of piperidine rings is 2. The van der Waals surface area contributed by atoms with Gasteiger partial charge in [-0.25, -0.2) is 4.79 Å². The van der Waals surface area contributed by atoms with Gasteiger partial charge in [0.25, 0.3) is 0 Å². The lowest BCUT2D eigenvalue weighted by molar-refractivity contribution is 0.0177. The van der Waals surface area contributed by atoms with Crippen molar-refractivity contribution in [2.75, 3.05) is 26.2 Å². The third kappa shape index (κ3) is 4.60. The van der Waals surface area contributed by atoms with E-state index in [-0.39, 0.29) is 6.09 Å². The normalized spacial score (nSPS) is 32.7. The molecule has 0 saturated carbocycles. The molecule has 23 heavy (non-hydrogen) atoms. The topological polar surface area (TPSA) is 44.8 Å². The minimum Gasteiger partial charge on any atom is -0.444 e. The molecule has 3 fully saturated rings. The second-order valence-electron chi connectivity index (χ2n) is 8.49. The van der Waals surface area contributed by atoms with Crippen LogP contribution in [0, 0.1) is 0 Å². The molecule has 5 heteroatoms. The number of carbonyl (C=O) groups is 1. The molecule has 0 bridgehead atoms. The van der Waals surface area contributed by atoms with E-state index in [1.54, 1.807) is 0 Å². The molecule has 1 amide bonds. The maximum absolute atomic E-state index is 12.3. The molecule has 3 atom stereocenters. The maximum Gasteiger partial charge on any atom is 0.410 e. The summed E-state index contributed by atoms with van der Waals surface area (Å²) in [6.45, 7) is 9.95. The van der Waals surface area contributed by atoms with Gasteiger partial charge in [-0.1, -0.05) is 0 Å². The number of fused-ring (bicyclic) bond motifs is 1. The number of ether oxygens (including phenoxy) is 1. The summed E-state index contributed by atoms with van der Waals surface area (Å²) in [5.41, 5.74) is -0.410. The van der Waals surface area contributed by atoms with Gasteiger partial charge in [-0.15, -0.1) is 0 Å². The molecule has 0 spiro atoms. The van der Waals surface area contributed by atoms with E-state index < -0.39 is 5.60 Å². The molecule has 1 N–H and O–H groups in total. The molecule has 0 aromatic carbocycles. The molecular formula is C18H33N3O2. The van der Waals surface area contributed by atoms with Crippen LogP contribution in [0.2, 0.25) is 0 Å². The van der Waals surface area contributed by atoms with E-state index in [0.717, 1.165) is 25.6 Å². The Morgan fingerprint density at radius 1 is 1.04 bits per heavy atom. The van der Waals surface area contributed by atoms with Gasteiger partial charge in [0.05, 0.1) is 0 Å². The predicted molar refractivity (Wildman–Crippen MR) is 91.6 cm³/mol. The molecule has 3 aliphatic heterocycles. The zero-order valence-electron chi connectivity index (χ0n) is 15.0. The molecule has 3 heterocycles. The Bertz CT molecular complexity index is 421. The van der Waals surface area contributed by atoms with E-state index in [4.69, 9.17) is 4.74 Å². The SMILES string of the molecule is CC(C)(C)OC(=O)N1CCCC(NC2CCN3CCCC3C2)C1. The first-order chi connectivity index (χ1) is 10.9. The third-order valence-electron chi connectivity index (χ3n) is 5.36. The number of nitrogens with one attached hydrogen (secondary N) is 1. The summed E-state index contributed by atoms with van der Waals surface area (Å²) in [6.07, 6.45) is 7.35. The second-order valence-corrected chi connectivity index (χ2v) is 8.49. The van der Waals surface area contributed by atoms with Crippen molar-refractivity contribution in [2.45, 2.75) is 83.0 Å². The lowest BCUT2D eigenvalue weighted by Gasteiger charge is -2.40. The lowest BCUT2D eigenvalue weighted by Crippen LogP contribution is -2.54. The van der Waals surface area contributed by atoms with Crippen LogP contribution in [0.25, 0.3) is 0 Å². The van der Waals surface area contributed by atoms with E-state index >= 15 is 0 Å². The number of amides is 1. The standard InChI is InChI=1S/C18H33N3O2/c1-18(2,3)23-17(22)21-10-4-6-15(13-21)19-14-8-11-20-9-5-7-16(20)12-14/h14-16,19H,4-13H2,1-3H3. The Morgan fingerprint density at radius 3 is 2.61 bits per heavy atom. The highest BCUT2D eigenvalue weighted by atomic mass is 16.6. The number of hydrogen-bond donors (Lipinski definition) is 1. The van der Waals surface area contributed by atoms with Crippen LogP contribution < -0.4 is 5.32 Å². The molecule has 3 aliphatic rings. The van der Waals surface area contributed by atoms with Gasteiger partial charge in [-0.2, -0.15) is 0 Å². The van der Waals surface area contributed by atoms with Crippen molar-refractivity contribution in [3.8, 4) is 0 Å². The van der Waals surface area contributed by atoms with Crippen molar-refractivity contribution in [1.29, 1.82) is 0 Å². The van der Waals surface area contributed by atoms with Gasteiger partial charge in [-0.3, -0.25) is 0 Å². The summed E-state index contributed by atoms with van der Waals surface area (Å²) in [6, 6.07) is 1.85. The van der Waals surface area contributed by atoms with Crippen molar-refractivity contribution in [1.82, 2.24) is 15.1 Å². The van der Waals surface area contributed by atoms with Crippen molar-refractivity contribution in [3.63, 3.8) is 0 Å². The Labute approximate surface area is 140 Å². The van der Waals surface area contributed by atoms with Crippen molar-refractivity contribution in [3.05, 3.63) is 0 Å². The van der Waals surface area contributed by atoms with Gasteiger partial charge in [-0.05, 0) is 72.4 Å².